The van der Waals surface area contributed by atoms with Crippen molar-refractivity contribution < 1.29 is 9.59 Å². The Balaban J connectivity index is 1.69. The maximum Gasteiger partial charge on any atom is 0.255 e. The van der Waals surface area contributed by atoms with Crippen molar-refractivity contribution in [1.29, 1.82) is 0 Å². The number of carbonyl (C=O) groups is 2. The molecule has 3 atom stereocenters. The van der Waals surface area contributed by atoms with Crippen LogP contribution < -0.4 is 5.32 Å². The molecule has 28 heavy (non-hydrogen) atoms. The molecule has 1 aromatic heterocycles. The number of rotatable bonds is 3. The first-order valence-corrected chi connectivity index (χ1v) is 9.91. The first-order valence-electron chi connectivity index (χ1n) is 9.91. The summed E-state index contributed by atoms with van der Waals surface area (Å²) in [4.78, 5) is 31.7. The molecular weight excluding hydrogens is 350 g/mol. The van der Waals surface area contributed by atoms with E-state index in [9.17, 15) is 9.59 Å². The maximum atomic E-state index is 13.3. The van der Waals surface area contributed by atoms with E-state index in [4.69, 9.17) is 0 Å². The fourth-order valence-corrected chi connectivity index (χ4v) is 4.58. The minimum Gasteiger partial charge on any atom is -0.356 e. The van der Waals surface area contributed by atoms with Gasteiger partial charge in [0.15, 0.2) is 0 Å². The molecule has 2 aliphatic rings. The zero-order valence-electron chi connectivity index (χ0n) is 16.0. The second kappa shape index (κ2) is 6.23. The molecule has 2 N–H and O–H groups in total. The van der Waals surface area contributed by atoms with Gasteiger partial charge in [-0.15, -0.1) is 0 Å². The number of fused-ring (bicyclic) bond motifs is 7. The molecule has 3 heterocycles. The Morgan fingerprint density at radius 1 is 1.21 bits per heavy atom. The molecule has 5 heteroatoms. The number of carbonyl (C=O) groups excluding carboxylic acids is 2. The molecule has 2 aromatic carbocycles. The van der Waals surface area contributed by atoms with Crippen molar-refractivity contribution in [2.45, 2.75) is 44.8 Å². The summed E-state index contributed by atoms with van der Waals surface area (Å²) in [6.45, 7) is 4.04. The average Bonchev–Trinajstić information content (AvgIpc) is 3.23. The van der Waals surface area contributed by atoms with Crippen LogP contribution in [0.3, 0.4) is 0 Å². The first kappa shape index (κ1) is 17.0. The number of nitrogens with one attached hydrogen (secondary N) is 2. The van der Waals surface area contributed by atoms with Crippen LogP contribution in [0.4, 0.5) is 0 Å². The first-order chi connectivity index (χ1) is 13.6. The summed E-state index contributed by atoms with van der Waals surface area (Å²) in [5.74, 6) is -0.134. The van der Waals surface area contributed by atoms with Gasteiger partial charge in [-0.3, -0.25) is 9.59 Å². The van der Waals surface area contributed by atoms with E-state index in [2.05, 4.69) is 22.4 Å². The lowest BCUT2D eigenvalue weighted by molar-refractivity contribution is -0.127. The molecule has 0 fully saturated rings. The van der Waals surface area contributed by atoms with Gasteiger partial charge in [-0.2, -0.15) is 0 Å². The number of hydrogen-bond donors (Lipinski definition) is 2. The third-order valence-corrected chi connectivity index (χ3v) is 6.16. The number of aromatic nitrogens is 1. The van der Waals surface area contributed by atoms with Crippen molar-refractivity contribution in [3.63, 3.8) is 0 Å². The lowest BCUT2D eigenvalue weighted by Crippen LogP contribution is -2.53. The highest BCUT2D eigenvalue weighted by Crippen LogP contribution is 2.46. The predicted octanol–water partition coefficient (Wildman–Crippen LogP) is 3.55. The van der Waals surface area contributed by atoms with Crippen LogP contribution in [0.2, 0.25) is 0 Å². The summed E-state index contributed by atoms with van der Waals surface area (Å²) in [7, 11) is 0. The van der Waals surface area contributed by atoms with Crippen molar-refractivity contribution >= 4 is 22.7 Å². The van der Waals surface area contributed by atoms with Crippen molar-refractivity contribution in [1.82, 2.24) is 15.2 Å². The fraction of sp³-hybridized carbons (Fsp3) is 0.304. The monoisotopic (exact) mass is 373 g/mol. The van der Waals surface area contributed by atoms with E-state index in [-0.39, 0.29) is 23.9 Å². The Hall–Kier alpha value is -3.08. The fourth-order valence-electron chi connectivity index (χ4n) is 4.58. The van der Waals surface area contributed by atoms with Gasteiger partial charge in [-0.05, 0) is 36.6 Å². The zero-order chi connectivity index (χ0) is 19.4. The molecule has 0 saturated heterocycles. The summed E-state index contributed by atoms with van der Waals surface area (Å²) in [6, 6.07) is 15.2. The van der Waals surface area contributed by atoms with Gasteiger partial charge < -0.3 is 15.2 Å². The van der Waals surface area contributed by atoms with Crippen LogP contribution in [-0.2, 0) is 11.2 Å². The topological polar surface area (TPSA) is 65.2 Å². The molecule has 0 aliphatic carbocycles. The van der Waals surface area contributed by atoms with Gasteiger partial charge >= 0.3 is 0 Å². The Morgan fingerprint density at radius 3 is 2.79 bits per heavy atom. The standard InChI is InChI=1S/C23H23N3O2/c1-3-13(2)24-22(27)19-12-17-14-8-6-7-11-18(14)25-20(17)21-15-9-4-5-10-16(15)23(28)26(19)21/h4-11,13,19,21,25H,3,12H2,1-2H3,(H,24,27)/t13-,19+,21+/m1/s1. The van der Waals surface area contributed by atoms with E-state index in [1.54, 1.807) is 4.90 Å². The van der Waals surface area contributed by atoms with Crippen molar-refractivity contribution in [2.24, 2.45) is 0 Å². The molecule has 0 saturated carbocycles. The lowest BCUT2D eigenvalue weighted by Gasteiger charge is -2.37. The molecule has 0 bridgehead atoms. The third kappa shape index (κ3) is 2.32. The van der Waals surface area contributed by atoms with Gasteiger partial charge in [0, 0.05) is 34.6 Å². The zero-order valence-corrected chi connectivity index (χ0v) is 16.0. The Labute approximate surface area is 163 Å². The van der Waals surface area contributed by atoms with E-state index in [0.717, 1.165) is 34.1 Å². The second-order valence-electron chi connectivity index (χ2n) is 7.80. The van der Waals surface area contributed by atoms with Crippen LogP contribution in [-0.4, -0.2) is 33.8 Å². The molecule has 0 unspecified atom stereocenters. The molecule has 2 aliphatic heterocycles. The number of hydrogen-bond acceptors (Lipinski definition) is 2. The van der Waals surface area contributed by atoms with E-state index in [0.29, 0.717) is 12.0 Å². The maximum absolute atomic E-state index is 13.3. The van der Waals surface area contributed by atoms with Gasteiger partial charge in [0.25, 0.3) is 5.91 Å². The Bertz CT molecular complexity index is 1100. The average molecular weight is 373 g/mol. The molecule has 3 aromatic rings. The quantitative estimate of drug-likeness (QED) is 0.737. The van der Waals surface area contributed by atoms with Crippen LogP contribution in [0.5, 0.6) is 0 Å². The Morgan fingerprint density at radius 2 is 1.96 bits per heavy atom. The lowest BCUT2D eigenvalue weighted by atomic mass is 9.90. The highest BCUT2D eigenvalue weighted by molar-refractivity contribution is 6.03. The molecule has 142 valence electrons. The predicted molar refractivity (Wildman–Crippen MR) is 108 cm³/mol. The van der Waals surface area contributed by atoms with Crippen molar-refractivity contribution in [2.75, 3.05) is 0 Å². The molecular formula is C23H23N3O2. The smallest absolute Gasteiger partial charge is 0.255 e. The van der Waals surface area contributed by atoms with Gasteiger partial charge in [0.2, 0.25) is 5.91 Å². The van der Waals surface area contributed by atoms with Crippen LogP contribution >= 0.6 is 0 Å². The summed E-state index contributed by atoms with van der Waals surface area (Å²) < 4.78 is 0. The summed E-state index contributed by atoms with van der Waals surface area (Å²) >= 11 is 0. The number of amides is 2. The van der Waals surface area contributed by atoms with Gasteiger partial charge in [-0.25, -0.2) is 0 Å². The molecule has 5 nitrogen and oxygen atoms in total. The molecule has 0 spiro atoms. The Kier molecular flexibility index (Phi) is 3.79. The van der Waals surface area contributed by atoms with E-state index >= 15 is 0 Å². The SMILES string of the molecule is CC[C@@H](C)NC(=O)[C@@H]1Cc2c([nH]c3ccccc23)[C@@H]2c3ccccc3C(=O)N21. The largest absolute Gasteiger partial charge is 0.356 e. The van der Waals surface area contributed by atoms with E-state index in [1.807, 2.05) is 50.2 Å². The normalized spacial score (nSPS) is 21.2. The number of benzene rings is 2. The highest BCUT2D eigenvalue weighted by atomic mass is 16.2. The molecule has 0 radical (unpaired) electrons. The van der Waals surface area contributed by atoms with Gasteiger partial charge in [0.05, 0.1) is 6.04 Å². The van der Waals surface area contributed by atoms with Crippen LogP contribution in [0.15, 0.2) is 48.5 Å². The minimum absolute atomic E-state index is 0.0609. The van der Waals surface area contributed by atoms with Crippen molar-refractivity contribution in [3.8, 4) is 0 Å². The van der Waals surface area contributed by atoms with Crippen LogP contribution in [0, 0.1) is 0 Å². The van der Waals surface area contributed by atoms with E-state index in [1.165, 1.54) is 0 Å². The summed E-state index contributed by atoms with van der Waals surface area (Å²) in [5.41, 5.74) is 4.90. The number of nitrogens with zero attached hydrogens (tertiary/aromatic N) is 1. The molecule has 5 rings (SSSR count). The number of para-hydroxylation sites is 1. The van der Waals surface area contributed by atoms with E-state index < -0.39 is 6.04 Å². The third-order valence-electron chi connectivity index (χ3n) is 6.16. The number of aromatic amines is 1. The van der Waals surface area contributed by atoms with Crippen LogP contribution in [0.1, 0.15) is 53.5 Å². The summed E-state index contributed by atoms with van der Waals surface area (Å²) in [6.07, 6.45) is 1.38. The van der Waals surface area contributed by atoms with Gasteiger partial charge in [-0.1, -0.05) is 43.3 Å². The highest BCUT2D eigenvalue weighted by Gasteiger charge is 2.48. The minimum atomic E-state index is -0.509. The number of H-pyrrole nitrogens is 1. The molecule has 2 amide bonds. The van der Waals surface area contributed by atoms with Crippen molar-refractivity contribution in [3.05, 3.63) is 70.9 Å². The second-order valence-corrected chi connectivity index (χ2v) is 7.80. The van der Waals surface area contributed by atoms with Gasteiger partial charge in [0.1, 0.15) is 6.04 Å². The summed E-state index contributed by atoms with van der Waals surface area (Å²) in [5, 5.41) is 4.22. The van der Waals surface area contributed by atoms with Crippen LogP contribution in [0.25, 0.3) is 10.9 Å².